The molecule has 0 aromatic rings. The van der Waals surface area contributed by atoms with E-state index in [0.717, 1.165) is 0 Å². The molecule has 5 heteroatoms. The molecule has 12 heavy (non-hydrogen) atoms. The molecule has 0 aliphatic rings. The summed E-state index contributed by atoms with van der Waals surface area (Å²) in [5, 5.41) is 0. The number of carbonyl (C=O) groups excluding carboxylic acids is 2. The average Bonchev–Trinajstić information content (AvgIpc) is 1.85. The Hall–Kier alpha value is -1.48. The maximum absolute atomic E-state index is 10.8. The predicted molar refractivity (Wildman–Crippen MR) is 40.5 cm³/mol. The summed E-state index contributed by atoms with van der Waals surface area (Å²) in [5.74, 6) is -1.13. The van der Waals surface area contributed by atoms with Gasteiger partial charge < -0.3 is 10.3 Å². The molecule has 0 fully saturated rings. The molecule has 0 saturated carbocycles. The molecular weight excluding hydrogens is 160 g/mol. The number of rotatable bonds is 3. The molecule has 66 valence electrons. The van der Waals surface area contributed by atoms with Crippen molar-refractivity contribution in [3.05, 3.63) is 5.53 Å². The first-order valence-electron chi connectivity index (χ1n) is 3.31. The Morgan fingerprint density at radius 3 is 2.33 bits per heavy atom. The Labute approximate surface area is 69.9 Å². The second-order valence-corrected chi connectivity index (χ2v) is 2.73. The van der Waals surface area contributed by atoms with Crippen molar-refractivity contribution in [1.82, 2.24) is 0 Å². The van der Waals surface area contributed by atoms with Gasteiger partial charge in [-0.05, 0) is 20.8 Å². The molecule has 0 spiro atoms. The van der Waals surface area contributed by atoms with Crippen LogP contribution in [0.25, 0.3) is 5.53 Å². The van der Waals surface area contributed by atoms with E-state index in [1.165, 1.54) is 20.8 Å². The number of esters is 1. The molecule has 0 aromatic carbocycles. The Morgan fingerprint density at radius 1 is 1.50 bits per heavy atom. The number of hydrogen-bond donors (Lipinski definition) is 0. The third-order valence-corrected chi connectivity index (χ3v) is 1.37. The molecule has 0 bridgehead atoms. The highest BCUT2D eigenvalue weighted by Gasteiger charge is 2.28. The lowest BCUT2D eigenvalue weighted by atomic mass is 10.1. The molecule has 5 nitrogen and oxygen atoms in total. The first-order valence-corrected chi connectivity index (χ1v) is 3.31. The molecule has 0 radical (unpaired) electrons. The Balaban J connectivity index is 4.34. The maximum Gasteiger partial charge on any atom is 0.414 e. The van der Waals surface area contributed by atoms with Gasteiger partial charge in [0.2, 0.25) is 0 Å². The van der Waals surface area contributed by atoms with Gasteiger partial charge in [0.05, 0.1) is 0 Å². The van der Waals surface area contributed by atoms with Crippen LogP contribution < -0.4 is 0 Å². The molecule has 0 aliphatic heterocycles. The Morgan fingerprint density at radius 2 is 2.00 bits per heavy atom. The van der Waals surface area contributed by atoms with Crippen molar-refractivity contribution in [2.45, 2.75) is 26.4 Å². The molecular formula is C7H10N2O3. The minimum atomic E-state index is -1.17. The van der Waals surface area contributed by atoms with Crippen molar-refractivity contribution in [2.24, 2.45) is 0 Å². The monoisotopic (exact) mass is 170 g/mol. The molecule has 0 aliphatic carbocycles. The summed E-state index contributed by atoms with van der Waals surface area (Å²) in [7, 11) is 0. The van der Waals surface area contributed by atoms with E-state index < -0.39 is 11.6 Å². The third-order valence-electron chi connectivity index (χ3n) is 1.37. The number of carbonyl (C=O) groups is 2. The lowest BCUT2D eigenvalue weighted by molar-refractivity contribution is -0.158. The second kappa shape index (κ2) is 3.78. The smallest absolute Gasteiger partial charge is 0.414 e. The fraction of sp³-hybridized carbons (Fsp3) is 0.571. The maximum atomic E-state index is 10.8. The summed E-state index contributed by atoms with van der Waals surface area (Å²) in [6.07, 6.45) is 0.588. The zero-order valence-corrected chi connectivity index (χ0v) is 7.20. The topological polar surface area (TPSA) is 79.8 Å². The van der Waals surface area contributed by atoms with Gasteiger partial charge in [-0.25, -0.2) is 4.79 Å². The van der Waals surface area contributed by atoms with E-state index in [1.807, 2.05) is 0 Å². The number of hydrogen-bond acceptors (Lipinski definition) is 3. The van der Waals surface area contributed by atoms with Crippen LogP contribution in [0.5, 0.6) is 0 Å². The van der Waals surface area contributed by atoms with E-state index in [-0.39, 0.29) is 5.78 Å². The normalized spacial score (nSPS) is 9.92. The standard InChI is InChI=1S/C7H10N2O3/c1-5(10)7(2,3)12-6(11)4-9-8/h4H,1-3H3. The van der Waals surface area contributed by atoms with Gasteiger partial charge in [-0.1, -0.05) is 0 Å². The van der Waals surface area contributed by atoms with Gasteiger partial charge in [-0.3, -0.25) is 4.79 Å². The van der Waals surface area contributed by atoms with E-state index in [0.29, 0.717) is 6.21 Å². The molecule has 0 saturated heterocycles. The summed E-state index contributed by atoms with van der Waals surface area (Å²) in [6.45, 7) is 4.22. The summed E-state index contributed by atoms with van der Waals surface area (Å²) >= 11 is 0. The zero-order valence-electron chi connectivity index (χ0n) is 7.20. The van der Waals surface area contributed by atoms with Crippen LogP contribution in [-0.4, -0.2) is 28.4 Å². The van der Waals surface area contributed by atoms with E-state index in [2.05, 4.69) is 9.53 Å². The van der Waals surface area contributed by atoms with Crippen LogP contribution in [0.3, 0.4) is 0 Å². The van der Waals surface area contributed by atoms with Crippen molar-refractivity contribution in [1.29, 1.82) is 0 Å². The average molecular weight is 170 g/mol. The van der Waals surface area contributed by atoms with Gasteiger partial charge in [0.1, 0.15) is 0 Å². The van der Waals surface area contributed by atoms with Gasteiger partial charge in [0.15, 0.2) is 11.4 Å². The van der Waals surface area contributed by atoms with E-state index in [4.69, 9.17) is 5.53 Å². The van der Waals surface area contributed by atoms with Crippen LogP contribution in [-0.2, 0) is 14.3 Å². The SMILES string of the molecule is CC(=O)C(C)(C)OC(=O)C=[N+]=[N-]. The molecule has 0 amide bonds. The summed E-state index contributed by atoms with van der Waals surface area (Å²) in [6, 6.07) is 0. The van der Waals surface area contributed by atoms with Gasteiger partial charge in [0, 0.05) is 0 Å². The van der Waals surface area contributed by atoms with Crippen LogP contribution in [0.4, 0.5) is 0 Å². The lowest BCUT2D eigenvalue weighted by Crippen LogP contribution is -2.35. The summed E-state index contributed by atoms with van der Waals surface area (Å²) < 4.78 is 4.64. The number of ketones is 1. The van der Waals surface area contributed by atoms with Crippen LogP contribution in [0.15, 0.2) is 0 Å². The molecule has 0 rings (SSSR count). The van der Waals surface area contributed by atoms with Crippen LogP contribution in [0.2, 0.25) is 0 Å². The molecule has 0 aromatic heterocycles. The van der Waals surface area contributed by atoms with Gasteiger partial charge >= 0.3 is 12.2 Å². The third kappa shape index (κ3) is 3.07. The van der Waals surface area contributed by atoms with Gasteiger partial charge in [-0.15, -0.1) is 0 Å². The highest BCUT2D eigenvalue weighted by atomic mass is 16.6. The highest BCUT2D eigenvalue weighted by molar-refractivity contribution is 6.21. The quantitative estimate of drug-likeness (QED) is 0.262. The van der Waals surface area contributed by atoms with E-state index in [1.54, 1.807) is 0 Å². The van der Waals surface area contributed by atoms with Crippen molar-refractivity contribution in [3.63, 3.8) is 0 Å². The number of nitrogens with zero attached hydrogens (tertiary/aromatic N) is 2. The molecule has 0 unspecified atom stereocenters. The fourth-order valence-corrected chi connectivity index (χ4v) is 0.397. The van der Waals surface area contributed by atoms with Crippen molar-refractivity contribution in [2.75, 3.05) is 0 Å². The first-order chi connectivity index (χ1) is 5.40. The van der Waals surface area contributed by atoms with Crippen LogP contribution in [0.1, 0.15) is 20.8 Å². The van der Waals surface area contributed by atoms with E-state index >= 15 is 0 Å². The predicted octanol–water partition coefficient (Wildman–Crippen LogP) is 0.198. The lowest BCUT2D eigenvalue weighted by Gasteiger charge is -2.19. The van der Waals surface area contributed by atoms with Crippen molar-refractivity contribution in [3.8, 4) is 0 Å². The minimum absolute atomic E-state index is 0.276. The van der Waals surface area contributed by atoms with Crippen LogP contribution >= 0.6 is 0 Å². The highest BCUT2D eigenvalue weighted by Crippen LogP contribution is 2.09. The zero-order chi connectivity index (χ0) is 9.78. The number of ether oxygens (including phenoxy) is 1. The summed E-state index contributed by atoms with van der Waals surface area (Å²) in [4.78, 5) is 24.0. The molecule has 0 heterocycles. The van der Waals surface area contributed by atoms with Gasteiger partial charge in [0.25, 0.3) is 0 Å². The Kier molecular flexibility index (Phi) is 3.31. The molecule has 0 atom stereocenters. The van der Waals surface area contributed by atoms with Gasteiger partial charge in [-0.2, -0.15) is 4.79 Å². The number of Topliss-reactive ketones (excluding diaryl/α,β-unsaturated/α-hetero) is 1. The largest absolute Gasteiger partial charge is 0.443 e. The minimum Gasteiger partial charge on any atom is -0.443 e. The second-order valence-electron chi connectivity index (χ2n) is 2.73. The van der Waals surface area contributed by atoms with Crippen LogP contribution in [0, 0.1) is 0 Å². The Bertz CT molecular complexity index is 251. The first kappa shape index (κ1) is 10.5. The van der Waals surface area contributed by atoms with E-state index in [9.17, 15) is 9.59 Å². The fourth-order valence-electron chi connectivity index (χ4n) is 0.397. The van der Waals surface area contributed by atoms with Crippen molar-refractivity contribution >= 4 is 18.0 Å². The summed E-state index contributed by atoms with van der Waals surface area (Å²) in [5.41, 5.74) is 6.79. The molecule has 0 N–H and O–H groups in total. The van der Waals surface area contributed by atoms with Crippen molar-refractivity contribution < 1.29 is 19.1 Å².